The van der Waals surface area contributed by atoms with E-state index >= 15 is 0 Å². The Labute approximate surface area is 131 Å². The third-order valence-corrected chi connectivity index (χ3v) is 5.15. The third kappa shape index (κ3) is 3.67. The molecule has 116 valence electrons. The summed E-state index contributed by atoms with van der Waals surface area (Å²) in [6.07, 6.45) is 0.824. The van der Waals surface area contributed by atoms with E-state index in [1.807, 2.05) is 54.6 Å². The second kappa shape index (κ2) is 6.50. The maximum Gasteiger partial charge on any atom is 0.215 e. The Morgan fingerprint density at radius 1 is 1.05 bits per heavy atom. The molecule has 0 aliphatic carbocycles. The molecule has 22 heavy (non-hydrogen) atoms. The summed E-state index contributed by atoms with van der Waals surface area (Å²) in [5, 5.41) is 0. The number of hydrogen-bond donors (Lipinski definition) is 1. The van der Waals surface area contributed by atoms with Gasteiger partial charge < -0.3 is 4.74 Å². The van der Waals surface area contributed by atoms with Crippen molar-refractivity contribution >= 4 is 10.0 Å². The number of para-hydroxylation sites is 1. The molecule has 1 N–H and O–H groups in total. The molecule has 0 saturated carbocycles. The zero-order chi connectivity index (χ0) is 15.4. The van der Waals surface area contributed by atoms with E-state index in [1.165, 1.54) is 0 Å². The molecule has 0 amide bonds. The molecule has 0 bridgehead atoms. The fraction of sp³-hybridized carbons (Fsp3) is 0.294. The second-order valence-electron chi connectivity index (χ2n) is 5.47. The minimum Gasteiger partial charge on any atom is -0.493 e. The Hall–Kier alpha value is -1.85. The predicted octanol–water partition coefficient (Wildman–Crippen LogP) is 2.67. The minimum atomic E-state index is -3.33. The highest BCUT2D eigenvalue weighted by Crippen LogP contribution is 2.32. The van der Waals surface area contributed by atoms with Crippen LogP contribution in [0.3, 0.4) is 0 Å². The average Bonchev–Trinajstić information content (AvgIpc) is 2.53. The quantitative estimate of drug-likeness (QED) is 0.922. The summed E-state index contributed by atoms with van der Waals surface area (Å²) in [6.45, 7) is 1.04. The lowest BCUT2D eigenvalue weighted by Gasteiger charge is -2.26. The van der Waals surface area contributed by atoms with Crippen molar-refractivity contribution in [3.05, 3.63) is 65.7 Å². The molecule has 3 rings (SSSR count). The van der Waals surface area contributed by atoms with Gasteiger partial charge in [-0.2, -0.15) is 0 Å². The summed E-state index contributed by atoms with van der Waals surface area (Å²) in [5.74, 6) is 1.04. The monoisotopic (exact) mass is 317 g/mol. The highest BCUT2D eigenvalue weighted by atomic mass is 32.2. The Bertz CT molecular complexity index is 729. The fourth-order valence-electron chi connectivity index (χ4n) is 2.70. The first kappa shape index (κ1) is 15.1. The Balaban J connectivity index is 1.65. The Kier molecular flexibility index (Phi) is 4.45. The van der Waals surface area contributed by atoms with Crippen molar-refractivity contribution < 1.29 is 13.2 Å². The van der Waals surface area contributed by atoms with E-state index < -0.39 is 10.0 Å². The lowest BCUT2D eigenvalue weighted by atomic mass is 9.93. The summed E-state index contributed by atoms with van der Waals surface area (Å²) in [7, 11) is -3.33. The molecule has 2 aromatic rings. The molecule has 1 aliphatic heterocycles. The van der Waals surface area contributed by atoms with Gasteiger partial charge in [0.2, 0.25) is 10.0 Å². The molecule has 5 heteroatoms. The summed E-state index contributed by atoms with van der Waals surface area (Å²) >= 11 is 0. The second-order valence-corrected chi connectivity index (χ2v) is 7.27. The minimum absolute atomic E-state index is 0.0126. The molecule has 4 nitrogen and oxygen atoms in total. The number of hydrogen-bond acceptors (Lipinski definition) is 3. The van der Waals surface area contributed by atoms with E-state index in [4.69, 9.17) is 4.74 Å². The number of benzene rings is 2. The van der Waals surface area contributed by atoms with Crippen LogP contribution in [0.1, 0.15) is 23.5 Å². The molecule has 0 saturated heterocycles. The molecular weight excluding hydrogens is 298 g/mol. The highest BCUT2D eigenvalue weighted by molar-refractivity contribution is 7.88. The smallest absolute Gasteiger partial charge is 0.215 e. The van der Waals surface area contributed by atoms with Crippen LogP contribution in [-0.4, -0.2) is 21.6 Å². The topological polar surface area (TPSA) is 55.4 Å². The Morgan fingerprint density at radius 3 is 2.59 bits per heavy atom. The number of ether oxygens (including phenoxy) is 1. The van der Waals surface area contributed by atoms with Crippen LogP contribution in [-0.2, 0) is 15.8 Å². The van der Waals surface area contributed by atoms with Crippen LogP contribution in [0, 0.1) is 0 Å². The van der Waals surface area contributed by atoms with Crippen LogP contribution in [0.2, 0.25) is 0 Å². The van der Waals surface area contributed by atoms with E-state index in [0.29, 0.717) is 13.2 Å². The molecule has 0 radical (unpaired) electrons. The van der Waals surface area contributed by atoms with Crippen LogP contribution >= 0.6 is 0 Å². The molecule has 2 aromatic carbocycles. The van der Waals surface area contributed by atoms with Crippen molar-refractivity contribution in [1.29, 1.82) is 0 Å². The molecule has 1 heterocycles. The maximum atomic E-state index is 12.2. The predicted molar refractivity (Wildman–Crippen MR) is 86.4 cm³/mol. The SMILES string of the molecule is O=S(=O)(Cc1ccccc1)NCC1CCOc2ccccc21. The lowest BCUT2D eigenvalue weighted by molar-refractivity contribution is 0.267. The van der Waals surface area contributed by atoms with Crippen molar-refractivity contribution in [2.45, 2.75) is 18.1 Å². The first-order chi connectivity index (χ1) is 10.6. The largest absolute Gasteiger partial charge is 0.493 e. The lowest BCUT2D eigenvalue weighted by Crippen LogP contribution is -2.31. The van der Waals surface area contributed by atoms with Crippen LogP contribution in [0.4, 0.5) is 0 Å². The van der Waals surface area contributed by atoms with Gasteiger partial charge in [-0.3, -0.25) is 0 Å². The van der Waals surface area contributed by atoms with Gasteiger partial charge in [-0.15, -0.1) is 0 Å². The number of fused-ring (bicyclic) bond motifs is 1. The molecule has 0 spiro atoms. The molecule has 0 fully saturated rings. The molecule has 1 aliphatic rings. The average molecular weight is 317 g/mol. The van der Waals surface area contributed by atoms with Crippen LogP contribution in [0.25, 0.3) is 0 Å². The fourth-order valence-corrected chi connectivity index (χ4v) is 3.89. The van der Waals surface area contributed by atoms with Crippen molar-refractivity contribution in [2.75, 3.05) is 13.2 Å². The van der Waals surface area contributed by atoms with Gasteiger partial charge in [0.05, 0.1) is 12.4 Å². The normalized spacial score (nSPS) is 17.5. The van der Waals surface area contributed by atoms with Gasteiger partial charge in [0, 0.05) is 12.5 Å². The van der Waals surface area contributed by atoms with Crippen molar-refractivity contribution in [2.24, 2.45) is 0 Å². The van der Waals surface area contributed by atoms with Crippen molar-refractivity contribution in [3.63, 3.8) is 0 Å². The summed E-state index contributed by atoms with van der Waals surface area (Å²) < 4.78 is 32.8. The molecular formula is C17H19NO3S. The van der Waals surface area contributed by atoms with Crippen LogP contribution in [0.5, 0.6) is 5.75 Å². The highest BCUT2D eigenvalue weighted by Gasteiger charge is 2.22. The van der Waals surface area contributed by atoms with Crippen molar-refractivity contribution in [3.8, 4) is 5.75 Å². The molecule has 1 atom stereocenters. The van der Waals surface area contributed by atoms with E-state index in [1.54, 1.807) is 0 Å². The molecule has 1 unspecified atom stereocenters. The first-order valence-electron chi connectivity index (χ1n) is 7.37. The van der Waals surface area contributed by atoms with Gasteiger partial charge in [-0.25, -0.2) is 13.1 Å². The van der Waals surface area contributed by atoms with E-state index in [2.05, 4.69) is 4.72 Å². The van der Waals surface area contributed by atoms with Gasteiger partial charge in [0.1, 0.15) is 5.75 Å². The maximum absolute atomic E-state index is 12.2. The van der Waals surface area contributed by atoms with E-state index in [-0.39, 0.29) is 11.7 Å². The number of nitrogens with one attached hydrogen (secondary N) is 1. The number of rotatable bonds is 5. The Morgan fingerprint density at radius 2 is 1.77 bits per heavy atom. The van der Waals surface area contributed by atoms with Gasteiger partial charge in [0.15, 0.2) is 0 Å². The van der Waals surface area contributed by atoms with E-state index in [0.717, 1.165) is 23.3 Å². The van der Waals surface area contributed by atoms with Gasteiger partial charge in [-0.05, 0) is 23.6 Å². The van der Waals surface area contributed by atoms with Gasteiger partial charge in [-0.1, -0.05) is 48.5 Å². The summed E-state index contributed by atoms with van der Waals surface area (Å²) in [6, 6.07) is 17.0. The zero-order valence-electron chi connectivity index (χ0n) is 12.2. The summed E-state index contributed by atoms with van der Waals surface area (Å²) in [4.78, 5) is 0. The molecule has 0 aromatic heterocycles. The zero-order valence-corrected chi connectivity index (χ0v) is 13.1. The van der Waals surface area contributed by atoms with Crippen LogP contribution in [0.15, 0.2) is 54.6 Å². The standard InChI is InChI=1S/C17H19NO3S/c19-22(20,13-14-6-2-1-3-7-14)18-12-15-10-11-21-17-9-5-4-8-16(15)17/h1-9,15,18H,10-13H2. The van der Waals surface area contributed by atoms with Gasteiger partial charge >= 0.3 is 0 Å². The van der Waals surface area contributed by atoms with Crippen molar-refractivity contribution in [1.82, 2.24) is 4.72 Å². The van der Waals surface area contributed by atoms with E-state index in [9.17, 15) is 8.42 Å². The third-order valence-electron chi connectivity index (χ3n) is 3.83. The van der Waals surface area contributed by atoms with Gasteiger partial charge in [0.25, 0.3) is 0 Å². The first-order valence-corrected chi connectivity index (χ1v) is 9.02. The van der Waals surface area contributed by atoms with Crippen LogP contribution < -0.4 is 9.46 Å². The number of sulfonamides is 1. The summed E-state index contributed by atoms with van der Waals surface area (Å²) in [5.41, 5.74) is 1.87.